The summed E-state index contributed by atoms with van der Waals surface area (Å²) in [6, 6.07) is 4.97. The van der Waals surface area contributed by atoms with Gasteiger partial charge in [0.25, 0.3) is 5.91 Å². The molecule has 1 amide bonds. The van der Waals surface area contributed by atoms with Crippen LogP contribution in [0.4, 0.5) is 5.82 Å². The molecule has 2 rings (SSSR count). The monoisotopic (exact) mass is 253 g/mol. The van der Waals surface area contributed by atoms with Crippen molar-refractivity contribution in [3.63, 3.8) is 0 Å². The Hall–Kier alpha value is -2.78. The van der Waals surface area contributed by atoms with Crippen LogP contribution < -0.4 is 11.1 Å². The van der Waals surface area contributed by atoms with E-state index in [1.165, 1.54) is 12.4 Å². The zero-order valence-electron chi connectivity index (χ0n) is 10.00. The second-order valence-corrected chi connectivity index (χ2v) is 3.53. The molecule has 6 nitrogen and oxygen atoms in total. The Morgan fingerprint density at radius 3 is 3.05 bits per heavy atom. The van der Waals surface area contributed by atoms with Gasteiger partial charge < -0.3 is 11.1 Å². The average Bonchev–Trinajstić information content (AvgIpc) is 2.46. The molecule has 2 aromatic rings. The van der Waals surface area contributed by atoms with Gasteiger partial charge in [0.15, 0.2) is 5.82 Å². The Bertz CT molecular complexity index is 630. The summed E-state index contributed by atoms with van der Waals surface area (Å²) in [6.45, 7) is 0.260. The predicted molar refractivity (Wildman–Crippen MR) is 70.2 cm³/mol. The van der Waals surface area contributed by atoms with Crippen LogP contribution in [0.25, 0.3) is 0 Å². The smallest absolute Gasteiger partial charge is 0.258 e. The third-order valence-electron chi connectivity index (χ3n) is 2.15. The number of carbonyl (C=O) groups excluding carboxylic acids is 1. The topological polar surface area (TPSA) is 93.8 Å². The summed E-state index contributed by atoms with van der Waals surface area (Å²) >= 11 is 0. The molecule has 0 unspecified atom stereocenters. The Kier molecular flexibility index (Phi) is 4.16. The Morgan fingerprint density at radius 2 is 2.32 bits per heavy atom. The van der Waals surface area contributed by atoms with Gasteiger partial charge in [-0.15, -0.1) is 5.10 Å². The molecule has 3 N–H and O–H groups in total. The maximum absolute atomic E-state index is 11.9. The fourth-order valence-corrected chi connectivity index (χ4v) is 1.34. The lowest BCUT2D eigenvalue weighted by Gasteiger charge is -2.03. The lowest BCUT2D eigenvalue weighted by atomic mass is 10.2. The van der Waals surface area contributed by atoms with Gasteiger partial charge in [0.2, 0.25) is 0 Å². The van der Waals surface area contributed by atoms with Crippen LogP contribution in [0.15, 0.2) is 36.8 Å². The van der Waals surface area contributed by atoms with E-state index in [0.717, 1.165) is 0 Å². The Morgan fingerprint density at radius 1 is 1.42 bits per heavy atom. The van der Waals surface area contributed by atoms with Gasteiger partial charge in [-0.2, -0.15) is 5.10 Å². The van der Waals surface area contributed by atoms with Crippen molar-refractivity contribution in [3.8, 4) is 11.8 Å². The first-order valence-electron chi connectivity index (χ1n) is 5.52. The standard InChI is InChI=1S/C13H11N5O/c14-5-1-3-10-7-11(9-15-8-10)13(19)17-12-4-2-6-16-18-12/h2,4,6-9H,5,14H2,(H,17,18,19). The van der Waals surface area contributed by atoms with Crippen molar-refractivity contribution in [2.75, 3.05) is 11.9 Å². The molecule has 6 heteroatoms. The van der Waals surface area contributed by atoms with Crippen LogP contribution in [0.5, 0.6) is 0 Å². The Balaban J connectivity index is 2.15. The van der Waals surface area contributed by atoms with Gasteiger partial charge in [-0.1, -0.05) is 11.8 Å². The molecule has 0 fully saturated rings. The molecule has 0 saturated heterocycles. The molecule has 94 valence electrons. The van der Waals surface area contributed by atoms with Crippen molar-refractivity contribution in [3.05, 3.63) is 47.9 Å². The minimum absolute atomic E-state index is 0.260. The normalized spacial score (nSPS) is 9.32. The zero-order valence-corrected chi connectivity index (χ0v) is 10.00. The molecule has 19 heavy (non-hydrogen) atoms. The van der Waals surface area contributed by atoms with Crippen LogP contribution in [0, 0.1) is 11.8 Å². The fraction of sp³-hybridized carbons (Fsp3) is 0.0769. The number of carbonyl (C=O) groups is 1. The third-order valence-corrected chi connectivity index (χ3v) is 2.15. The largest absolute Gasteiger partial charge is 0.320 e. The van der Waals surface area contributed by atoms with Crippen LogP contribution in [-0.2, 0) is 0 Å². The number of amides is 1. The third kappa shape index (κ3) is 3.59. The van der Waals surface area contributed by atoms with E-state index in [1.54, 1.807) is 24.4 Å². The van der Waals surface area contributed by atoms with E-state index >= 15 is 0 Å². The number of aromatic nitrogens is 3. The fourth-order valence-electron chi connectivity index (χ4n) is 1.34. The number of hydrogen-bond donors (Lipinski definition) is 2. The summed E-state index contributed by atoms with van der Waals surface area (Å²) in [6.07, 6.45) is 4.56. The maximum Gasteiger partial charge on any atom is 0.258 e. The molecule has 2 aromatic heterocycles. The maximum atomic E-state index is 11.9. The highest BCUT2D eigenvalue weighted by atomic mass is 16.1. The van der Waals surface area contributed by atoms with E-state index in [-0.39, 0.29) is 12.5 Å². The molecule has 0 radical (unpaired) electrons. The van der Waals surface area contributed by atoms with Gasteiger partial charge in [0.05, 0.1) is 12.1 Å². The molecule has 2 heterocycles. The van der Waals surface area contributed by atoms with Crippen molar-refractivity contribution in [2.45, 2.75) is 0 Å². The van der Waals surface area contributed by atoms with Crippen LogP contribution >= 0.6 is 0 Å². The summed E-state index contributed by atoms with van der Waals surface area (Å²) in [4.78, 5) is 15.9. The van der Waals surface area contributed by atoms with E-state index in [4.69, 9.17) is 5.73 Å². The highest BCUT2D eigenvalue weighted by Gasteiger charge is 2.07. The molecule has 0 aliphatic rings. The summed E-state index contributed by atoms with van der Waals surface area (Å²) in [5, 5.41) is 10.1. The number of anilines is 1. The van der Waals surface area contributed by atoms with Gasteiger partial charge in [-0.3, -0.25) is 9.78 Å². The number of nitrogens with zero attached hydrogens (tertiary/aromatic N) is 3. The SMILES string of the molecule is NCC#Cc1cncc(C(=O)Nc2cccnn2)c1. The molecule has 0 aromatic carbocycles. The van der Waals surface area contributed by atoms with E-state index in [0.29, 0.717) is 16.9 Å². The van der Waals surface area contributed by atoms with Crippen LogP contribution in [-0.4, -0.2) is 27.6 Å². The number of nitrogens with two attached hydrogens (primary N) is 1. The van der Waals surface area contributed by atoms with Crippen LogP contribution in [0.2, 0.25) is 0 Å². The summed E-state index contributed by atoms with van der Waals surface area (Å²) in [5.41, 5.74) is 6.32. The molecule has 0 saturated carbocycles. The van der Waals surface area contributed by atoms with Gasteiger partial charge in [0.1, 0.15) is 0 Å². The summed E-state index contributed by atoms with van der Waals surface area (Å²) in [5.74, 6) is 5.59. The quantitative estimate of drug-likeness (QED) is 0.757. The number of hydrogen-bond acceptors (Lipinski definition) is 5. The van der Waals surface area contributed by atoms with Crippen molar-refractivity contribution in [2.24, 2.45) is 5.73 Å². The highest BCUT2D eigenvalue weighted by molar-refractivity contribution is 6.03. The second kappa shape index (κ2) is 6.23. The Labute approximate surface area is 110 Å². The predicted octanol–water partition coefficient (Wildman–Crippen LogP) is 0.434. The van der Waals surface area contributed by atoms with E-state index < -0.39 is 0 Å². The van der Waals surface area contributed by atoms with Crippen molar-refractivity contribution in [1.82, 2.24) is 15.2 Å². The lowest BCUT2D eigenvalue weighted by molar-refractivity contribution is 0.102. The van der Waals surface area contributed by atoms with Crippen LogP contribution in [0.3, 0.4) is 0 Å². The minimum atomic E-state index is -0.315. The number of rotatable bonds is 2. The molecule has 0 aliphatic carbocycles. The molecular formula is C13H11N5O. The first-order valence-corrected chi connectivity index (χ1v) is 5.52. The highest BCUT2D eigenvalue weighted by Crippen LogP contribution is 2.05. The van der Waals surface area contributed by atoms with E-state index in [2.05, 4.69) is 32.3 Å². The van der Waals surface area contributed by atoms with Crippen LogP contribution in [0.1, 0.15) is 15.9 Å². The number of pyridine rings is 1. The minimum Gasteiger partial charge on any atom is -0.320 e. The molecule has 0 bridgehead atoms. The zero-order chi connectivity index (χ0) is 13.5. The van der Waals surface area contributed by atoms with Gasteiger partial charge in [-0.25, -0.2) is 0 Å². The van der Waals surface area contributed by atoms with Gasteiger partial charge in [-0.05, 0) is 18.2 Å². The first kappa shape index (κ1) is 12.7. The first-order chi connectivity index (χ1) is 9.29. The summed E-state index contributed by atoms with van der Waals surface area (Å²) < 4.78 is 0. The average molecular weight is 253 g/mol. The summed E-state index contributed by atoms with van der Waals surface area (Å²) in [7, 11) is 0. The van der Waals surface area contributed by atoms with E-state index in [9.17, 15) is 4.79 Å². The van der Waals surface area contributed by atoms with Gasteiger partial charge >= 0.3 is 0 Å². The molecule has 0 aliphatic heterocycles. The van der Waals surface area contributed by atoms with Gasteiger partial charge in [0, 0.05) is 24.2 Å². The molecule has 0 atom stereocenters. The molecule has 0 spiro atoms. The van der Waals surface area contributed by atoms with Crippen molar-refractivity contribution in [1.29, 1.82) is 0 Å². The lowest BCUT2D eigenvalue weighted by Crippen LogP contribution is -2.13. The second-order valence-electron chi connectivity index (χ2n) is 3.53. The number of nitrogens with one attached hydrogen (secondary N) is 1. The van der Waals surface area contributed by atoms with Crippen molar-refractivity contribution >= 4 is 11.7 Å². The van der Waals surface area contributed by atoms with E-state index in [1.807, 2.05) is 0 Å². The van der Waals surface area contributed by atoms with Crippen molar-refractivity contribution < 1.29 is 4.79 Å². The molecular weight excluding hydrogens is 242 g/mol.